The molecule has 0 aliphatic carbocycles. The average Bonchev–Trinajstić information content (AvgIpc) is 3.09. The zero-order chi connectivity index (χ0) is 13.9. The highest BCUT2D eigenvalue weighted by molar-refractivity contribution is 7.17. The highest BCUT2D eigenvalue weighted by atomic mass is 32.1. The van der Waals surface area contributed by atoms with E-state index in [0.29, 0.717) is 10.0 Å². The highest BCUT2D eigenvalue weighted by Crippen LogP contribution is 2.28. The third-order valence-corrected chi connectivity index (χ3v) is 4.48. The average molecular weight is 302 g/mol. The first-order valence-corrected chi connectivity index (χ1v) is 7.52. The lowest BCUT2D eigenvalue weighted by Gasteiger charge is -1.98. The molecule has 0 bridgehead atoms. The van der Waals surface area contributed by atoms with E-state index in [-0.39, 0.29) is 5.91 Å². The Bertz CT molecular complexity index is 722. The molecule has 0 spiro atoms. The molecule has 1 N–H and O–H groups in total. The summed E-state index contributed by atoms with van der Waals surface area (Å²) in [5, 5.41) is 5.99. The van der Waals surface area contributed by atoms with Gasteiger partial charge in [0.25, 0.3) is 5.91 Å². The van der Waals surface area contributed by atoms with Gasteiger partial charge in [-0.3, -0.25) is 15.1 Å². The van der Waals surface area contributed by atoms with Gasteiger partial charge in [0.15, 0.2) is 5.13 Å². The van der Waals surface area contributed by atoms with Crippen LogP contribution in [0.2, 0.25) is 0 Å². The van der Waals surface area contributed by atoms with E-state index in [4.69, 9.17) is 0 Å². The maximum absolute atomic E-state index is 12.2. The molecule has 0 unspecified atom stereocenters. The van der Waals surface area contributed by atoms with Gasteiger partial charge in [0.2, 0.25) is 0 Å². The minimum atomic E-state index is -0.171. The number of nitrogens with one attached hydrogen (secondary N) is 1. The zero-order valence-corrected chi connectivity index (χ0v) is 12.2. The number of hydrogen-bond acceptors (Lipinski definition) is 6. The number of carbonyl (C=O) groups excluding carboxylic acids is 1. The minimum absolute atomic E-state index is 0.171. The van der Waals surface area contributed by atoms with E-state index in [2.05, 4.69) is 20.3 Å². The van der Waals surface area contributed by atoms with E-state index in [0.717, 1.165) is 16.3 Å². The fraction of sp³-hybridized carbons (Fsp3) is 0.0769. The van der Waals surface area contributed by atoms with Crippen molar-refractivity contribution in [3.8, 4) is 10.6 Å². The van der Waals surface area contributed by atoms with E-state index in [9.17, 15) is 4.79 Å². The summed E-state index contributed by atoms with van der Waals surface area (Å²) < 4.78 is 0. The second-order valence-electron chi connectivity index (χ2n) is 3.96. The van der Waals surface area contributed by atoms with Crippen LogP contribution >= 0.6 is 22.7 Å². The van der Waals surface area contributed by atoms with E-state index >= 15 is 0 Å². The molecule has 0 aliphatic heterocycles. The van der Waals surface area contributed by atoms with Gasteiger partial charge < -0.3 is 0 Å². The molecule has 3 aromatic rings. The van der Waals surface area contributed by atoms with Gasteiger partial charge in [-0.05, 0) is 19.1 Å². The molecule has 0 radical (unpaired) electrons. The van der Waals surface area contributed by atoms with Crippen LogP contribution in [0.3, 0.4) is 0 Å². The highest BCUT2D eigenvalue weighted by Gasteiger charge is 2.16. The number of carbonyl (C=O) groups is 1. The fourth-order valence-corrected chi connectivity index (χ4v) is 3.16. The van der Waals surface area contributed by atoms with Crippen molar-refractivity contribution < 1.29 is 4.79 Å². The fourth-order valence-electron chi connectivity index (χ4n) is 1.66. The van der Waals surface area contributed by atoms with E-state index < -0.39 is 0 Å². The third-order valence-electron chi connectivity index (χ3n) is 2.58. The van der Waals surface area contributed by atoms with E-state index in [1.807, 2.05) is 24.4 Å². The number of aromatic nitrogens is 3. The first kappa shape index (κ1) is 12.9. The molecule has 1 amide bonds. The van der Waals surface area contributed by atoms with E-state index in [1.165, 1.54) is 22.7 Å². The minimum Gasteiger partial charge on any atom is -0.297 e. The molecule has 0 aliphatic rings. The number of aryl methyl sites for hydroxylation is 1. The number of thiazole rings is 2. The monoisotopic (exact) mass is 302 g/mol. The van der Waals surface area contributed by atoms with Crippen LogP contribution in [0.25, 0.3) is 10.6 Å². The van der Waals surface area contributed by atoms with Crippen LogP contribution in [-0.4, -0.2) is 20.9 Å². The van der Waals surface area contributed by atoms with Crippen LogP contribution in [-0.2, 0) is 0 Å². The van der Waals surface area contributed by atoms with Gasteiger partial charge in [-0.15, -0.1) is 22.7 Å². The van der Waals surface area contributed by atoms with Crippen molar-refractivity contribution >= 4 is 33.7 Å². The normalized spacial score (nSPS) is 10.4. The molecular formula is C13H10N4OS2. The Balaban J connectivity index is 1.88. The summed E-state index contributed by atoms with van der Waals surface area (Å²) in [6, 6.07) is 3.75. The SMILES string of the molecule is Cc1nc(-c2ccncc2)sc1C(=O)Nc1nccs1. The summed E-state index contributed by atoms with van der Waals surface area (Å²) in [6.07, 6.45) is 5.07. The van der Waals surface area contributed by atoms with Crippen LogP contribution in [0.1, 0.15) is 15.4 Å². The van der Waals surface area contributed by atoms with Gasteiger partial charge >= 0.3 is 0 Å². The number of hydrogen-bond donors (Lipinski definition) is 1. The molecule has 5 nitrogen and oxygen atoms in total. The number of rotatable bonds is 3. The summed E-state index contributed by atoms with van der Waals surface area (Å²) in [6.45, 7) is 1.83. The van der Waals surface area contributed by atoms with Crippen LogP contribution in [0, 0.1) is 6.92 Å². The first-order valence-electron chi connectivity index (χ1n) is 5.82. The molecule has 7 heteroatoms. The van der Waals surface area contributed by atoms with Crippen molar-refractivity contribution in [3.05, 3.63) is 46.7 Å². The Labute approximate surface area is 123 Å². The summed E-state index contributed by atoms with van der Waals surface area (Å²) >= 11 is 2.76. The van der Waals surface area contributed by atoms with Crippen molar-refractivity contribution in [3.63, 3.8) is 0 Å². The predicted octanol–water partition coefficient (Wildman–Crippen LogP) is 3.22. The summed E-state index contributed by atoms with van der Waals surface area (Å²) in [7, 11) is 0. The lowest BCUT2D eigenvalue weighted by Crippen LogP contribution is -2.11. The van der Waals surface area contributed by atoms with Gasteiger partial charge in [-0.2, -0.15) is 0 Å². The Hall–Kier alpha value is -2.12. The van der Waals surface area contributed by atoms with Gasteiger partial charge in [-0.25, -0.2) is 9.97 Å². The van der Waals surface area contributed by atoms with Crippen LogP contribution in [0.5, 0.6) is 0 Å². The lowest BCUT2D eigenvalue weighted by molar-refractivity contribution is 0.103. The van der Waals surface area contributed by atoms with Crippen LogP contribution < -0.4 is 5.32 Å². The van der Waals surface area contributed by atoms with Crippen molar-refractivity contribution in [2.75, 3.05) is 5.32 Å². The molecule has 20 heavy (non-hydrogen) atoms. The van der Waals surface area contributed by atoms with Crippen molar-refractivity contribution in [2.45, 2.75) is 6.92 Å². The maximum Gasteiger partial charge on any atom is 0.269 e. The maximum atomic E-state index is 12.2. The first-order chi connectivity index (χ1) is 9.74. The molecule has 100 valence electrons. The second-order valence-corrected chi connectivity index (χ2v) is 5.85. The molecule has 0 aromatic carbocycles. The number of anilines is 1. The van der Waals surface area contributed by atoms with Crippen molar-refractivity contribution in [1.82, 2.24) is 15.0 Å². The van der Waals surface area contributed by atoms with Crippen LogP contribution in [0.4, 0.5) is 5.13 Å². The predicted molar refractivity (Wildman–Crippen MR) is 80.1 cm³/mol. The van der Waals surface area contributed by atoms with Gasteiger partial charge in [0, 0.05) is 29.5 Å². The molecule has 3 heterocycles. The summed E-state index contributed by atoms with van der Waals surface area (Å²) in [5.74, 6) is -0.171. The van der Waals surface area contributed by atoms with Gasteiger partial charge in [0.05, 0.1) is 5.69 Å². The van der Waals surface area contributed by atoms with E-state index in [1.54, 1.807) is 18.6 Å². The molecule has 0 saturated carbocycles. The van der Waals surface area contributed by atoms with Crippen molar-refractivity contribution in [2.24, 2.45) is 0 Å². The Morgan fingerprint density at radius 1 is 1.25 bits per heavy atom. The Morgan fingerprint density at radius 2 is 2.05 bits per heavy atom. The standard InChI is InChI=1S/C13H10N4OS2/c1-8-10(11(18)17-13-15-6-7-19-13)20-12(16-8)9-2-4-14-5-3-9/h2-7H,1H3,(H,15,17,18). The summed E-state index contributed by atoms with van der Waals surface area (Å²) in [5.41, 5.74) is 1.68. The molecule has 0 saturated heterocycles. The lowest BCUT2D eigenvalue weighted by atomic mass is 10.3. The van der Waals surface area contributed by atoms with Gasteiger partial charge in [-0.1, -0.05) is 0 Å². The van der Waals surface area contributed by atoms with Crippen LogP contribution in [0.15, 0.2) is 36.1 Å². The molecule has 3 aromatic heterocycles. The number of amides is 1. The van der Waals surface area contributed by atoms with Crippen molar-refractivity contribution in [1.29, 1.82) is 0 Å². The smallest absolute Gasteiger partial charge is 0.269 e. The molecular weight excluding hydrogens is 292 g/mol. The number of nitrogens with zero attached hydrogens (tertiary/aromatic N) is 3. The summed E-state index contributed by atoms with van der Waals surface area (Å²) in [4.78, 5) is 25.3. The Kier molecular flexibility index (Phi) is 3.53. The topological polar surface area (TPSA) is 67.8 Å². The molecule has 0 fully saturated rings. The largest absolute Gasteiger partial charge is 0.297 e. The quantitative estimate of drug-likeness (QED) is 0.806. The third kappa shape index (κ3) is 2.59. The second kappa shape index (κ2) is 5.48. The number of pyridine rings is 1. The Morgan fingerprint density at radius 3 is 2.75 bits per heavy atom. The molecule has 3 rings (SSSR count). The molecule has 0 atom stereocenters. The zero-order valence-electron chi connectivity index (χ0n) is 10.5. The van der Waals surface area contributed by atoms with Gasteiger partial charge in [0.1, 0.15) is 9.88 Å².